The Balaban J connectivity index is 1.92. The molecule has 1 fully saturated rings. The zero-order valence-corrected chi connectivity index (χ0v) is 14.9. The van der Waals surface area contributed by atoms with Gasteiger partial charge in [0.25, 0.3) is 0 Å². The number of hydrogen-bond acceptors (Lipinski definition) is 4. The van der Waals surface area contributed by atoms with Crippen molar-refractivity contribution in [2.45, 2.75) is 49.7 Å². The van der Waals surface area contributed by atoms with Crippen LogP contribution in [-0.2, 0) is 11.2 Å². The second kappa shape index (κ2) is 8.00. The Morgan fingerprint density at radius 3 is 2.79 bits per heavy atom. The fourth-order valence-corrected chi connectivity index (χ4v) is 3.94. The molecule has 4 nitrogen and oxygen atoms in total. The topological polar surface area (TPSA) is 70.1 Å². The Morgan fingerprint density at radius 1 is 1.50 bits per heavy atom. The monoisotopic (exact) mass is 349 g/mol. The molecule has 0 spiro atoms. The predicted octanol–water partition coefficient (Wildman–Crippen LogP) is 2.53. The lowest BCUT2D eigenvalue weighted by Crippen LogP contribution is -2.54. The standard InChI is InChI=1S/C18H24FN3OS/c1-18(2,24-9-8-13-6-4-3-5-7-13)16(21)17(23)22-12-14(19)10-15(22)11-20/h3-7,14-16H,8-10,12,21H2,1-2H3. The third kappa shape index (κ3) is 4.49. The number of rotatable bonds is 6. The molecule has 130 valence electrons. The molecule has 0 saturated carbocycles. The second-order valence-corrected chi connectivity index (χ2v) is 8.38. The van der Waals surface area contributed by atoms with E-state index in [9.17, 15) is 9.18 Å². The van der Waals surface area contributed by atoms with Crippen molar-refractivity contribution in [1.82, 2.24) is 4.90 Å². The van der Waals surface area contributed by atoms with Crippen LogP contribution in [0.4, 0.5) is 4.39 Å². The van der Waals surface area contributed by atoms with E-state index in [1.54, 1.807) is 11.8 Å². The summed E-state index contributed by atoms with van der Waals surface area (Å²) in [4.78, 5) is 13.9. The van der Waals surface area contributed by atoms with Gasteiger partial charge in [-0.15, -0.1) is 0 Å². The van der Waals surface area contributed by atoms with Crippen LogP contribution in [0.5, 0.6) is 0 Å². The van der Waals surface area contributed by atoms with Gasteiger partial charge in [-0.3, -0.25) is 4.79 Å². The smallest absolute Gasteiger partial charge is 0.242 e. The van der Waals surface area contributed by atoms with Crippen LogP contribution in [0.25, 0.3) is 0 Å². The fraction of sp³-hybridized carbons (Fsp3) is 0.556. The maximum Gasteiger partial charge on any atom is 0.242 e. The van der Waals surface area contributed by atoms with Gasteiger partial charge in [-0.1, -0.05) is 30.3 Å². The van der Waals surface area contributed by atoms with Crippen LogP contribution in [0, 0.1) is 11.3 Å². The molecule has 3 unspecified atom stereocenters. The molecule has 1 aliphatic rings. The van der Waals surface area contributed by atoms with Gasteiger partial charge < -0.3 is 10.6 Å². The molecule has 0 bridgehead atoms. The third-order valence-electron chi connectivity index (χ3n) is 4.40. The number of thioether (sulfide) groups is 1. The lowest BCUT2D eigenvalue weighted by molar-refractivity contribution is -0.133. The van der Waals surface area contributed by atoms with Gasteiger partial charge in [-0.25, -0.2) is 4.39 Å². The van der Waals surface area contributed by atoms with E-state index < -0.39 is 23.0 Å². The lowest BCUT2D eigenvalue weighted by Gasteiger charge is -2.33. The highest BCUT2D eigenvalue weighted by Crippen LogP contribution is 2.31. The molecule has 1 aromatic carbocycles. The number of nitrogens with two attached hydrogens (primary N) is 1. The molecule has 1 aliphatic heterocycles. The summed E-state index contributed by atoms with van der Waals surface area (Å²) in [6.07, 6.45) is -0.164. The quantitative estimate of drug-likeness (QED) is 0.857. The zero-order chi connectivity index (χ0) is 17.7. The Labute approximate surface area is 147 Å². The molecule has 1 amide bonds. The number of aryl methyl sites for hydroxylation is 1. The molecule has 1 heterocycles. The lowest BCUT2D eigenvalue weighted by atomic mass is 10.0. The Kier molecular flexibility index (Phi) is 6.25. The van der Waals surface area contributed by atoms with E-state index in [4.69, 9.17) is 11.0 Å². The molecule has 1 aromatic rings. The van der Waals surface area contributed by atoms with Crippen LogP contribution < -0.4 is 5.73 Å². The van der Waals surface area contributed by atoms with E-state index in [2.05, 4.69) is 12.1 Å². The molecule has 1 saturated heterocycles. The van der Waals surface area contributed by atoms with Crippen LogP contribution in [0.3, 0.4) is 0 Å². The Morgan fingerprint density at radius 2 is 2.17 bits per heavy atom. The van der Waals surface area contributed by atoms with Crippen LogP contribution in [0.1, 0.15) is 25.8 Å². The summed E-state index contributed by atoms with van der Waals surface area (Å²) < 4.78 is 13.0. The van der Waals surface area contributed by atoms with Crippen molar-refractivity contribution < 1.29 is 9.18 Å². The van der Waals surface area contributed by atoms with Gasteiger partial charge in [0.2, 0.25) is 5.91 Å². The summed E-state index contributed by atoms with van der Waals surface area (Å²) in [7, 11) is 0. The summed E-state index contributed by atoms with van der Waals surface area (Å²) in [6, 6.07) is 10.7. The molecule has 0 radical (unpaired) electrons. The summed E-state index contributed by atoms with van der Waals surface area (Å²) >= 11 is 1.63. The first-order valence-corrected chi connectivity index (χ1v) is 9.11. The van der Waals surface area contributed by atoms with E-state index in [0.29, 0.717) is 0 Å². The van der Waals surface area contributed by atoms with Crippen LogP contribution in [-0.4, -0.2) is 46.1 Å². The summed E-state index contributed by atoms with van der Waals surface area (Å²) in [5, 5.41) is 9.10. The molecule has 6 heteroatoms. The van der Waals surface area contributed by atoms with Crippen molar-refractivity contribution >= 4 is 17.7 Å². The number of carbonyl (C=O) groups excluding carboxylic acids is 1. The van der Waals surface area contributed by atoms with Gasteiger partial charge in [0, 0.05) is 11.2 Å². The number of alkyl halides is 1. The number of carbonyl (C=O) groups is 1. The van der Waals surface area contributed by atoms with Crippen molar-refractivity contribution in [2.75, 3.05) is 12.3 Å². The highest BCUT2D eigenvalue weighted by atomic mass is 32.2. The molecular weight excluding hydrogens is 325 g/mol. The van der Waals surface area contributed by atoms with Crippen molar-refractivity contribution in [3.05, 3.63) is 35.9 Å². The average molecular weight is 349 g/mol. The van der Waals surface area contributed by atoms with Crippen LogP contribution >= 0.6 is 11.8 Å². The third-order valence-corrected chi connectivity index (χ3v) is 5.81. The van der Waals surface area contributed by atoms with E-state index in [1.807, 2.05) is 38.1 Å². The highest BCUT2D eigenvalue weighted by molar-refractivity contribution is 8.00. The number of amides is 1. The van der Waals surface area contributed by atoms with Gasteiger partial charge in [0.15, 0.2) is 0 Å². The van der Waals surface area contributed by atoms with E-state index in [-0.39, 0.29) is 18.9 Å². The first kappa shape index (κ1) is 18.8. The first-order chi connectivity index (χ1) is 11.3. The minimum atomic E-state index is -1.14. The number of hydrogen-bond donors (Lipinski definition) is 1. The van der Waals surface area contributed by atoms with Gasteiger partial charge in [-0.2, -0.15) is 17.0 Å². The minimum Gasteiger partial charge on any atom is -0.322 e. The molecule has 3 atom stereocenters. The largest absolute Gasteiger partial charge is 0.322 e. The van der Waals surface area contributed by atoms with Gasteiger partial charge >= 0.3 is 0 Å². The van der Waals surface area contributed by atoms with Gasteiger partial charge in [0.1, 0.15) is 12.2 Å². The fourth-order valence-electron chi connectivity index (χ4n) is 2.79. The van der Waals surface area contributed by atoms with E-state index >= 15 is 0 Å². The van der Waals surface area contributed by atoms with Crippen molar-refractivity contribution in [3.63, 3.8) is 0 Å². The van der Waals surface area contributed by atoms with E-state index in [1.165, 1.54) is 10.5 Å². The Hall–Kier alpha value is -1.58. The van der Waals surface area contributed by atoms with Crippen molar-refractivity contribution in [1.29, 1.82) is 5.26 Å². The first-order valence-electron chi connectivity index (χ1n) is 8.13. The predicted molar refractivity (Wildman–Crippen MR) is 95.3 cm³/mol. The SMILES string of the molecule is CC(C)(SCCc1ccccc1)C(N)C(=O)N1CC(F)CC1C#N. The number of likely N-dealkylation sites (tertiary alicyclic amines) is 1. The summed E-state index contributed by atoms with van der Waals surface area (Å²) in [5.41, 5.74) is 7.41. The normalized spacial score (nSPS) is 22.2. The highest BCUT2D eigenvalue weighted by Gasteiger charge is 2.41. The molecule has 0 aromatic heterocycles. The van der Waals surface area contributed by atoms with Gasteiger partial charge in [0.05, 0.1) is 18.7 Å². The molecular formula is C18H24FN3OS. The molecule has 24 heavy (non-hydrogen) atoms. The second-order valence-electron chi connectivity index (χ2n) is 6.63. The molecule has 2 rings (SSSR count). The van der Waals surface area contributed by atoms with Crippen LogP contribution in [0.15, 0.2) is 30.3 Å². The van der Waals surface area contributed by atoms with E-state index in [0.717, 1.165) is 12.2 Å². The number of halogens is 1. The number of nitrogens with zero attached hydrogens (tertiary/aromatic N) is 2. The maximum absolute atomic E-state index is 13.5. The number of nitriles is 1. The summed E-state index contributed by atoms with van der Waals surface area (Å²) in [5.74, 6) is 0.504. The van der Waals surface area contributed by atoms with Crippen molar-refractivity contribution in [2.24, 2.45) is 5.73 Å². The number of benzene rings is 1. The summed E-state index contributed by atoms with van der Waals surface area (Å²) in [6.45, 7) is 3.82. The maximum atomic E-state index is 13.5. The van der Waals surface area contributed by atoms with Crippen molar-refractivity contribution in [3.8, 4) is 6.07 Å². The van der Waals surface area contributed by atoms with Gasteiger partial charge in [-0.05, 0) is 31.6 Å². The van der Waals surface area contributed by atoms with Crippen LogP contribution in [0.2, 0.25) is 0 Å². The zero-order valence-electron chi connectivity index (χ0n) is 14.1. The molecule has 0 aliphatic carbocycles. The Bertz CT molecular complexity index is 602. The molecule has 2 N–H and O–H groups in total. The average Bonchev–Trinajstić information content (AvgIpc) is 2.95. The minimum absolute atomic E-state index is 0.0322.